The highest BCUT2D eigenvalue weighted by Crippen LogP contribution is 2.48. The number of alkyl carbamates (subject to hydrolysis) is 1. The van der Waals surface area contributed by atoms with E-state index in [-0.39, 0.29) is 31.2 Å². The lowest BCUT2D eigenvalue weighted by Crippen LogP contribution is -2.60. The van der Waals surface area contributed by atoms with Gasteiger partial charge < -0.3 is 34.5 Å². The van der Waals surface area contributed by atoms with E-state index in [1.807, 2.05) is 19.1 Å². The van der Waals surface area contributed by atoms with Gasteiger partial charge in [-0.15, -0.1) is 0 Å². The first-order valence-corrected chi connectivity index (χ1v) is 23.6. The van der Waals surface area contributed by atoms with Gasteiger partial charge in [0.15, 0.2) is 0 Å². The number of fused-ring (bicyclic) bond motifs is 3. The molecule has 0 unspecified atom stereocenters. The van der Waals surface area contributed by atoms with Crippen LogP contribution in [0, 0.1) is 17.8 Å². The van der Waals surface area contributed by atoms with Gasteiger partial charge in [-0.25, -0.2) is 23.2 Å². The van der Waals surface area contributed by atoms with Crippen molar-refractivity contribution in [1.82, 2.24) is 30.2 Å². The van der Waals surface area contributed by atoms with Crippen LogP contribution >= 0.6 is 0 Å². The maximum atomic E-state index is 15.1. The average Bonchev–Trinajstić information content (AvgIpc) is 4.15. The molecule has 0 spiro atoms. The van der Waals surface area contributed by atoms with Gasteiger partial charge in [0.2, 0.25) is 39.2 Å². The summed E-state index contributed by atoms with van der Waals surface area (Å²) in [5.41, 5.74) is -3.19. The third-order valence-electron chi connectivity index (χ3n) is 13.5. The zero-order valence-corrected chi connectivity index (χ0v) is 38.8. The Morgan fingerprint density at radius 1 is 1.02 bits per heavy atom. The van der Waals surface area contributed by atoms with E-state index >= 15 is 4.79 Å². The van der Waals surface area contributed by atoms with Gasteiger partial charge in [-0.3, -0.25) is 19.1 Å². The number of carbonyl (C=O) groups is 4. The number of carbonyl (C=O) groups excluding carboxylic acids is 4. The lowest BCUT2D eigenvalue weighted by atomic mass is 9.85. The van der Waals surface area contributed by atoms with Gasteiger partial charge >= 0.3 is 12.3 Å². The molecule has 4 amide bonds. The molecule has 0 bridgehead atoms. The van der Waals surface area contributed by atoms with E-state index < -0.39 is 85.9 Å². The van der Waals surface area contributed by atoms with Crippen LogP contribution in [-0.2, 0) is 29.1 Å². The highest BCUT2D eigenvalue weighted by Gasteiger charge is 2.63. The molecule has 1 saturated heterocycles. The smallest absolute Gasteiger partial charge is 0.427 e. The minimum Gasteiger partial charge on any atom is -0.497 e. The Morgan fingerprint density at radius 2 is 1.76 bits per heavy atom. The Bertz CT molecular complexity index is 2500. The number of amides is 4. The van der Waals surface area contributed by atoms with Crippen molar-refractivity contribution in [3.05, 3.63) is 54.9 Å². The Morgan fingerprint density at radius 3 is 2.39 bits per heavy atom. The van der Waals surface area contributed by atoms with Gasteiger partial charge in [-0.1, -0.05) is 32.4 Å². The quantitative estimate of drug-likeness (QED) is 0.180. The molecule has 20 heteroatoms. The fourth-order valence-corrected chi connectivity index (χ4v) is 10.0. The SMILES string of the molecule is CC[C@@H]1C[C@H](C)CC/C=C\[C@@H]2C[C@@]2(C(=O)NS(=O)(=O)C2(C)CC2)NC(=O)[C@@H]2C[C@@H](Oc3ncc(-c4ccc(OC)nc4)c4cc(OC)ccc34)CN2C(=O)[C@H]1NC(=O)OC(C)(C)C(F)(F)F. The third-order valence-corrected chi connectivity index (χ3v) is 15.7. The summed E-state index contributed by atoms with van der Waals surface area (Å²) in [5, 5.41) is 6.49. The highest BCUT2D eigenvalue weighted by molar-refractivity contribution is 7.91. The average molecular weight is 943 g/mol. The van der Waals surface area contributed by atoms with E-state index in [4.69, 9.17) is 18.9 Å². The van der Waals surface area contributed by atoms with Gasteiger partial charge in [0.05, 0.1) is 25.5 Å². The standard InChI is InChI=1S/C46H57F3N6O10S/c1-8-27-19-26(2)11-9-10-12-29-22-45(29,41(58)54-66(60,61)44(5)17-18-44)53-38(56)35-21-31(25-55(35)40(57)37(27)52-42(59)65-43(3,4)46(47,48)49)64-39-32-15-14-30(62-6)20-33(32)34(24-51-39)28-13-16-36(63-7)50-23-28/h10,12-16,20,23-24,26-27,29,31,35,37H,8-9,11,17-19,21-22,25H2,1-7H3,(H,52,59)(H,53,56)(H,54,58)/b12-10-/t26-,27-,29-,31-,35+,37+,45-/m1/s1. The molecule has 7 atom stereocenters. The second-order valence-corrected chi connectivity index (χ2v) is 20.8. The van der Waals surface area contributed by atoms with Crippen molar-refractivity contribution >= 4 is 44.6 Å². The van der Waals surface area contributed by atoms with Gasteiger partial charge in [-0.05, 0) is 95.4 Å². The van der Waals surface area contributed by atoms with Gasteiger partial charge in [0.25, 0.3) is 5.91 Å². The Labute approximate surface area is 381 Å². The van der Waals surface area contributed by atoms with Crippen molar-refractivity contribution in [1.29, 1.82) is 0 Å². The fraction of sp³-hybridized carbons (Fsp3) is 0.565. The lowest BCUT2D eigenvalue weighted by Gasteiger charge is -2.35. The molecule has 358 valence electrons. The first-order valence-electron chi connectivity index (χ1n) is 22.1. The fourth-order valence-electron chi connectivity index (χ4n) is 8.73. The topological polar surface area (TPSA) is 204 Å². The Balaban J connectivity index is 1.26. The predicted molar refractivity (Wildman–Crippen MR) is 236 cm³/mol. The van der Waals surface area contributed by atoms with Crippen LogP contribution in [0.5, 0.6) is 17.5 Å². The Hall–Kier alpha value is -5.66. The molecule has 3 aromatic rings. The predicted octanol–water partition coefficient (Wildman–Crippen LogP) is 6.37. The van der Waals surface area contributed by atoms with Crippen molar-refractivity contribution in [2.75, 3.05) is 20.8 Å². The maximum absolute atomic E-state index is 15.1. The second-order valence-electron chi connectivity index (χ2n) is 18.6. The first kappa shape index (κ1) is 48.3. The second kappa shape index (κ2) is 18.2. The number of benzene rings is 1. The lowest BCUT2D eigenvalue weighted by molar-refractivity contribution is -0.244. The Kier molecular flexibility index (Phi) is 13.3. The number of methoxy groups -OCH3 is 2. The molecule has 66 heavy (non-hydrogen) atoms. The van der Waals surface area contributed by atoms with Crippen LogP contribution in [0.3, 0.4) is 0 Å². The number of hydrogen-bond acceptors (Lipinski definition) is 12. The minimum absolute atomic E-state index is 0.0546. The van der Waals surface area contributed by atoms with Crippen LogP contribution < -0.4 is 29.6 Å². The van der Waals surface area contributed by atoms with Crippen molar-refractivity contribution in [2.24, 2.45) is 17.8 Å². The van der Waals surface area contributed by atoms with Gasteiger partial charge in [0.1, 0.15) is 29.5 Å². The van der Waals surface area contributed by atoms with Crippen molar-refractivity contribution < 1.29 is 59.7 Å². The number of alkyl halides is 3. The molecule has 2 saturated carbocycles. The van der Waals surface area contributed by atoms with E-state index in [2.05, 4.69) is 25.3 Å². The zero-order chi connectivity index (χ0) is 48.0. The largest absolute Gasteiger partial charge is 0.497 e. The molecule has 4 aliphatic rings. The molecule has 0 radical (unpaired) electrons. The van der Waals surface area contributed by atoms with Crippen molar-refractivity contribution in [3.63, 3.8) is 0 Å². The van der Waals surface area contributed by atoms with Crippen LogP contribution in [-0.4, -0.2) is 108 Å². The molecule has 4 heterocycles. The van der Waals surface area contributed by atoms with E-state index in [1.54, 1.807) is 49.7 Å². The molecule has 2 aliphatic heterocycles. The number of pyridine rings is 2. The number of rotatable bonds is 11. The summed E-state index contributed by atoms with van der Waals surface area (Å²) in [5.74, 6) is -2.63. The third kappa shape index (κ3) is 9.74. The van der Waals surface area contributed by atoms with Gasteiger partial charge in [0, 0.05) is 52.7 Å². The van der Waals surface area contributed by atoms with E-state index in [1.165, 1.54) is 26.0 Å². The molecule has 2 aromatic heterocycles. The number of nitrogens with one attached hydrogen (secondary N) is 3. The van der Waals surface area contributed by atoms with Crippen LogP contribution in [0.4, 0.5) is 18.0 Å². The number of halogens is 3. The molecule has 2 aliphatic carbocycles. The summed E-state index contributed by atoms with van der Waals surface area (Å²) in [4.78, 5) is 67.5. The minimum atomic E-state index is -4.93. The number of hydrogen-bond donors (Lipinski definition) is 3. The normalized spacial score (nSPS) is 27.2. The summed E-state index contributed by atoms with van der Waals surface area (Å²) < 4.78 is 91.7. The molecule has 1 aromatic carbocycles. The summed E-state index contributed by atoms with van der Waals surface area (Å²) in [7, 11) is -1.08. The molecular formula is C46H57F3N6O10S. The first-order chi connectivity index (χ1) is 31.0. The molecule has 3 N–H and O–H groups in total. The number of aromatic nitrogens is 2. The van der Waals surface area contributed by atoms with E-state index in [0.717, 1.165) is 0 Å². The summed E-state index contributed by atoms with van der Waals surface area (Å²) >= 11 is 0. The molecule has 16 nitrogen and oxygen atoms in total. The molecule has 3 fully saturated rings. The van der Waals surface area contributed by atoms with E-state index in [9.17, 15) is 36.0 Å². The molecular weight excluding hydrogens is 886 g/mol. The summed E-state index contributed by atoms with van der Waals surface area (Å²) in [6.07, 6.45) is 2.03. The van der Waals surface area contributed by atoms with Crippen molar-refractivity contribution in [3.8, 4) is 28.6 Å². The van der Waals surface area contributed by atoms with Crippen LogP contribution in [0.25, 0.3) is 21.9 Å². The van der Waals surface area contributed by atoms with Crippen LogP contribution in [0.15, 0.2) is 54.9 Å². The molecule has 7 rings (SSSR count). The van der Waals surface area contributed by atoms with Crippen LogP contribution in [0.2, 0.25) is 0 Å². The summed E-state index contributed by atoms with van der Waals surface area (Å²) in [6, 6.07) is 5.98. The maximum Gasteiger partial charge on any atom is 0.427 e. The van der Waals surface area contributed by atoms with E-state index in [0.29, 0.717) is 85.9 Å². The monoisotopic (exact) mass is 942 g/mol. The number of allylic oxidation sites excluding steroid dienone is 1. The number of sulfonamides is 1. The zero-order valence-electron chi connectivity index (χ0n) is 38.0. The number of ether oxygens (including phenoxy) is 4. The van der Waals surface area contributed by atoms with Crippen molar-refractivity contribution in [2.45, 2.75) is 126 Å². The highest BCUT2D eigenvalue weighted by atomic mass is 32.2. The van der Waals surface area contributed by atoms with Gasteiger partial charge in [-0.2, -0.15) is 13.2 Å². The summed E-state index contributed by atoms with van der Waals surface area (Å²) in [6.45, 7) is 6.43. The number of nitrogens with zero attached hydrogens (tertiary/aromatic N) is 3. The van der Waals surface area contributed by atoms with Crippen LogP contribution in [0.1, 0.15) is 86.0 Å².